The molecule has 27 heavy (non-hydrogen) atoms. The maximum Gasteiger partial charge on any atom is 0.268 e. The van der Waals surface area contributed by atoms with Crippen LogP contribution < -0.4 is 16.5 Å². The Bertz CT molecular complexity index is 873. The standard InChI is InChI=1S/C20H21N3O4/c1-20(2,26)17(19(25)23-27)22-18(24)15-9-5-13(6-10-15)3-4-14-7-11-16(21)12-8-14/h5-12,17,26-27H,21H2,1-2H3,(H,22,24)(H,23,25)/t17-/m1/s1. The van der Waals surface area contributed by atoms with Crippen LogP contribution in [0.4, 0.5) is 5.69 Å². The third-order valence-corrected chi connectivity index (χ3v) is 3.76. The fraction of sp³-hybridized carbons (Fsp3) is 0.200. The number of hydrogen-bond acceptors (Lipinski definition) is 5. The number of nitrogen functional groups attached to an aromatic ring is 1. The summed E-state index contributed by atoms with van der Waals surface area (Å²) < 4.78 is 0. The van der Waals surface area contributed by atoms with E-state index in [2.05, 4.69) is 17.2 Å². The van der Waals surface area contributed by atoms with Gasteiger partial charge in [0.2, 0.25) is 0 Å². The summed E-state index contributed by atoms with van der Waals surface area (Å²) in [6.45, 7) is 2.70. The Kier molecular flexibility index (Phi) is 6.19. The van der Waals surface area contributed by atoms with Crippen molar-refractivity contribution in [2.24, 2.45) is 0 Å². The minimum Gasteiger partial charge on any atom is -0.399 e. The zero-order valence-electron chi connectivity index (χ0n) is 15.0. The zero-order chi connectivity index (χ0) is 20.0. The normalized spacial score (nSPS) is 11.7. The minimum atomic E-state index is -1.56. The van der Waals surface area contributed by atoms with E-state index in [9.17, 15) is 14.7 Å². The molecule has 0 heterocycles. The molecule has 0 saturated carbocycles. The highest BCUT2D eigenvalue weighted by molar-refractivity contribution is 5.97. The molecule has 0 aliphatic rings. The van der Waals surface area contributed by atoms with Crippen LogP contribution in [0.15, 0.2) is 48.5 Å². The van der Waals surface area contributed by atoms with E-state index in [1.54, 1.807) is 36.4 Å². The van der Waals surface area contributed by atoms with Crippen LogP contribution in [-0.2, 0) is 4.79 Å². The highest BCUT2D eigenvalue weighted by Gasteiger charge is 2.34. The van der Waals surface area contributed by atoms with Gasteiger partial charge in [-0.3, -0.25) is 14.8 Å². The van der Waals surface area contributed by atoms with Crippen LogP contribution >= 0.6 is 0 Å². The Morgan fingerprint density at radius 2 is 1.48 bits per heavy atom. The summed E-state index contributed by atoms with van der Waals surface area (Å²) in [4.78, 5) is 24.0. The molecule has 2 aromatic rings. The number of hydroxylamine groups is 1. The number of carbonyl (C=O) groups excluding carboxylic acids is 2. The average molecular weight is 367 g/mol. The van der Waals surface area contributed by atoms with Crippen molar-refractivity contribution in [1.82, 2.24) is 10.8 Å². The van der Waals surface area contributed by atoms with Crippen LogP contribution in [0.5, 0.6) is 0 Å². The number of hydrogen-bond donors (Lipinski definition) is 5. The monoisotopic (exact) mass is 367 g/mol. The Hall–Kier alpha value is -3.34. The first kappa shape index (κ1) is 20.0. The second-order valence-electron chi connectivity index (χ2n) is 6.49. The molecule has 0 radical (unpaired) electrons. The predicted molar refractivity (Wildman–Crippen MR) is 101 cm³/mol. The Morgan fingerprint density at radius 1 is 1.00 bits per heavy atom. The van der Waals surface area contributed by atoms with Crippen molar-refractivity contribution in [2.75, 3.05) is 5.73 Å². The number of aliphatic hydroxyl groups is 1. The summed E-state index contributed by atoms with van der Waals surface area (Å²) in [7, 11) is 0. The molecule has 7 nitrogen and oxygen atoms in total. The maximum atomic E-state index is 12.3. The van der Waals surface area contributed by atoms with Crippen LogP contribution in [0.3, 0.4) is 0 Å². The van der Waals surface area contributed by atoms with Crippen LogP contribution in [0.25, 0.3) is 0 Å². The van der Waals surface area contributed by atoms with E-state index in [1.165, 1.54) is 19.3 Å². The lowest BCUT2D eigenvalue weighted by Gasteiger charge is -2.28. The molecular weight excluding hydrogens is 346 g/mol. The molecule has 2 amide bonds. The summed E-state index contributed by atoms with van der Waals surface area (Å²) in [6.07, 6.45) is 0. The molecule has 140 valence electrons. The van der Waals surface area contributed by atoms with Gasteiger partial charge >= 0.3 is 0 Å². The summed E-state index contributed by atoms with van der Waals surface area (Å²) in [5.41, 5.74) is 7.96. The van der Waals surface area contributed by atoms with Crippen LogP contribution in [0.1, 0.15) is 35.3 Å². The van der Waals surface area contributed by atoms with Gasteiger partial charge < -0.3 is 16.2 Å². The molecule has 7 heteroatoms. The van der Waals surface area contributed by atoms with Crippen molar-refractivity contribution in [2.45, 2.75) is 25.5 Å². The molecule has 2 aromatic carbocycles. The van der Waals surface area contributed by atoms with E-state index in [1.807, 2.05) is 12.1 Å². The van der Waals surface area contributed by atoms with E-state index in [0.29, 0.717) is 11.3 Å². The molecule has 0 aliphatic heterocycles. The lowest BCUT2D eigenvalue weighted by molar-refractivity contribution is -0.136. The first-order valence-corrected chi connectivity index (χ1v) is 8.15. The summed E-state index contributed by atoms with van der Waals surface area (Å²) in [6, 6.07) is 12.3. The number of carbonyl (C=O) groups is 2. The third-order valence-electron chi connectivity index (χ3n) is 3.76. The SMILES string of the molecule is CC(C)(O)[C@H](NC(=O)c1ccc(C#Cc2ccc(N)cc2)cc1)C(=O)NO. The first-order valence-electron chi connectivity index (χ1n) is 8.15. The summed E-state index contributed by atoms with van der Waals surface area (Å²) in [5, 5.41) is 21.2. The van der Waals surface area contributed by atoms with Gasteiger partial charge in [0.15, 0.2) is 0 Å². The fourth-order valence-electron chi connectivity index (χ4n) is 2.26. The lowest BCUT2D eigenvalue weighted by Crippen LogP contribution is -2.57. The van der Waals surface area contributed by atoms with E-state index in [-0.39, 0.29) is 5.56 Å². The average Bonchev–Trinajstić information content (AvgIpc) is 2.64. The molecule has 0 fully saturated rings. The smallest absolute Gasteiger partial charge is 0.268 e. The molecular formula is C20H21N3O4. The molecule has 0 spiro atoms. The second-order valence-corrected chi connectivity index (χ2v) is 6.49. The van der Waals surface area contributed by atoms with Crippen LogP contribution in [0, 0.1) is 11.8 Å². The van der Waals surface area contributed by atoms with Crippen molar-refractivity contribution in [3.63, 3.8) is 0 Å². The Morgan fingerprint density at radius 3 is 1.93 bits per heavy atom. The topological polar surface area (TPSA) is 125 Å². The van der Waals surface area contributed by atoms with Gasteiger partial charge in [-0.2, -0.15) is 0 Å². The van der Waals surface area contributed by atoms with Gasteiger partial charge in [0.1, 0.15) is 6.04 Å². The van der Waals surface area contributed by atoms with Gasteiger partial charge in [0, 0.05) is 22.4 Å². The fourth-order valence-corrected chi connectivity index (χ4v) is 2.26. The van der Waals surface area contributed by atoms with E-state index >= 15 is 0 Å². The second kappa shape index (κ2) is 8.36. The quantitative estimate of drug-likeness (QED) is 0.239. The largest absolute Gasteiger partial charge is 0.399 e. The lowest BCUT2D eigenvalue weighted by atomic mass is 9.97. The molecule has 0 unspecified atom stereocenters. The summed E-state index contributed by atoms with van der Waals surface area (Å²) in [5.74, 6) is 4.49. The van der Waals surface area contributed by atoms with E-state index in [0.717, 1.165) is 5.56 Å². The van der Waals surface area contributed by atoms with Crippen molar-refractivity contribution in [1.29, 1.82) is 0 Å². The molecule has 0 aliphatic carbocycles. The van der Waals surface area contributed by atoms with Gasteiger partial charge in [0.25, 0.3) is 11.8 Å². The minimum absolute atomic E-state index is 0.285. The molecule has 1 atom stereocenters. The van der Waals surface area contributed by atoms with E-state index in [4.69, 9.17) is 10.9 Å². The van der Waals surface area contributed by atoms with Gasteiger partial charge in [-0.1, -0.05) is 11.8 Å². The number of anilines is 1. The van der Waals surface area contributed by atoms with Crippen LogP contribution in [0.2, 0.25) is 0 Å². The van der Waals surface area contributed by atoms with E-state index < -0.39 is 23.5 Å². The van der Waals surface area contributed by atoms with Crippen LogP contribution in [-0.4, -0.2) is 33.8 Å². The number of amides is 2. The van der Waals surface area contributed by atoms with Crippen molar-refractivity contribution in [3.05, 3.63) is 65.2 Å². The van der Waals surface area contributed by atoms with Crippen molar-refractivity contribution < 1.29 is 19.9 Å². The predicted octanol–water partition coefficient (Wildman–Crippen LogP) is 1.04. The third kappa shape index (κ3) is 5.57. The number of nitrogens with two attached hydrogens (primary N) is 1. The van der Waals surface area contributed by atoms with Gasteiger partial charge in [-0.25, -0.2) is 5.48 Å². The van der Waals surface area contributed by atoms with Crippen molar-refractivity contribution >= 4 is 17.5 Å². The Labute approximate surface area is 157 Å². The maximum absolute atomic E-state index is 12.3. The van der Waals surface area contributed by atoms with Crippen molar-refractivity contribution in [3.8, 4) is 11.8 Å². The molecule has 0 bridgehead atoms. The summed E-state index contributed by atoms with van der Waals surface area (Å²) >= 11 is 0. The number of rotatable bonds is 4. The van der Waals surface area contributed by atoms with Gasteiger partial charge in [0.05, 0.1) is 5.60 Å². The molecule has 6 N–H and O–H groups in total. The van der Waals surface area contributed by atoms with Gasteiger partial charge in [-0.05, 0) is 62.4 Å². The molecule has 0 saturated heterocycles. The highest BCUT2D eigenvalue weighted by atomic mass is 16.5. The zero-order valence-corrected chi connectivity index (χ0v) is 15.0. The van der Waals surface area contributed by atoms with Gasteiger partial charge in [-0.15, -0.1) is 0 Å². The molecule has 2 rings (SSSR count). The number of nitrogens with one attached hydrogen (secondary N) is 2. The molecule has 0 aromatic heterocycles. The highest BCUT2D eigenvalue weighted by Crippen LogP contribution is 2.11. The first-order chi connectivity index (χ1) is 12.7. The Balaban J connectivity index is 2.11. The number of benzene rings is 2.